The molecule has 10 nitrogen and oxygen atoms in total. The Bertz CT molecular complexity index is 1020. The van der Waals surface area contributed by atoms with E-state index >= 15 is 0 Å². The van der Waals surface area contributed by atoms with Crippen LogP contribution in [0.4, 0.5) is 17.1 Å². The number of benzene rings is 2. The molecule has 1 N–H and O–H groups in total. The number of rotatable bonds is 7. The van der Waals surface area contributed by atoms with E-state index in [2.05, 4.69) is 14.5 Å². The minimum Gasteiger partial charge on any atom is -0.465 e. The highest BCUT2D eigenvalue weighted by Crippen LogP contribution is 2.36. The van der Waals surface area contributed by atoms with Crippen LogP contribution in [0, 0.1) is 10.1 Å². The van der Waals surface area contributed by atoms with Crippen LogP contribution < -0.4 is 5.32 Å². The molecule has 0 aliphatic rings. The molecule has 2 aromatic carbocycles. The summed E-state index contributed by atoms with van der Waals surface area (Å²) in [5.74, 6) is -0.914. The van der Waals surface area contributed by atoms with Gasteiger partial charge >= 0.3 is 5.97 Å². The predicted octanol–water partition coefficient (Wildman–Crippen LogP) is 2.40. The van der Waals surface area contributed by atoms with E-state index in [1.54, 1.807) is 44.4 Å². The van der Waals surface area contributed by atoms with E-state index in [0.717, 1.165) is 25.6 Å². The van der Waals surface area contributed by atoms with E-state index < -0.39 is 31.5 Å². The van der Waals surface area contributed by atoms with Crippen molar-refractivity contribution in [1.82, 2.24) is 4.90 Å². The summed E-state index contributed by atoms with van der Waals surface area (Å²) in [6.07, 6.45) is 1.04. The van der Waals surface area contributed by atoms with Gasteiger partial charge in [-0.05, 0) is 18.2 Å². The van der Waals surface area contributed by atoms with E-state index in [9.17, 15) is 23.3 Å². The van der Waals surface area contributed by atoms with Crippen molar-refractivity contribution >= 4 is 39.4 Å². The summed E-state index contributed by atoms with van der Waals surface area (Å²) >= 11 is 0. The van der Waals surface area contributed by atoms with Gasteiger partial charge in [0.15, 0.2) is 0 Å². The van der Waals surface area contributed by atoms with Crippen LogP contribution in [0.25, 0.3) is 0 Å². The smallest absolute Gasteiger partial charge is 0.338 e. The first-order chi connectivity index (χ1) is 13.2. The average molecular weight is 406 g/mol. The first kappa shape index (κ1) is 20.8. The number of nitro groups is 1. The van der Waals surface area contributed by atoms with E-state index in [1.807, 2.05) is 0 Å². The van der Waals surface area contributed by atoms with Crippen LogP contribution >= 0.6 is 0 Å². The number of carbonyl (C=O) groups excluding carboxylic acids is 1. The van der Waals surface area contributed by atoms with Gasteiger partial charge in [-0.3, -0.25) is 10.1 Å². The number of esters is 1. The lowest BCUT2D eigenvalue weighted by Crippen LogP contribution is -2.13. The van der Waals surface area contributed by atoms with Crippen LogP contribution in [0.15, 0.2) is 51.8 Å². The molecule has 2 aromatic rings. The standard InChI is InChI=1S/C17H18N4O6S/c1-20(2)11-18-28(25,26)15-10-12(17(22)27-3)9-14(21(23)24)16(15)19-13-7-5-4-6-8-13/h4-11,19H,1-3H3. The quantitative estimate of drug-likeness (QED) is 0.244. The van der Waals surface area contributed by atoms with Crippen molar-refractivity contribution in [2.45, 2.75) is 4.90 Å². The zero-order valence-corrected chi connectivity index (χ0v) is 16.1. The van der Waals surface area contributed by atoms with Gasteiger partial charge in [-0.25, -0.2) is 4.79 Å². The van der Waals surface area contributed by atoms with Gasteiger partial charge in [0.1, 0.15) is 16.9 Å². The van der Waals surface area contributed by atoms with Crippen molar-refractivity contribution in [1.29, 1.82) is 0 Å². The molecular weight excluding hydrogens is 388 g/mol. The Labute approximate surface area is 161 Å². The first-order valence-corrected chi connectivity index (χ1v) is 9.29. The van der Waals surface area contributed by atoms with E-state index in [1.165, 1.54) is 4.90 Å². The Balaban J connectivity index is 2.78. The molecule has 0 aliphatic carbocycles. The zero-order valence-electron chi connectivity index (χ0n) is 15.3. The number of sulfonamides is 1. The molecule has 0 aliphatic heterocycles. The molecule has 0 saturated carbocycles. The molecule has 0 atom stereocenters. The van der Waals surface area contributed by atoms with Gasteiger partial charge in [0.25, 0.3) is 15.7 Å². The lowest BCUT2D eigenvalue weighted by molar-refractivity contribution is -0.384. The third-order valence-corrected chi connectivity index (χ3v) is 4.69. The molecule has 0 radical (unpaired) electrons. The fourth-order valence-corrected chi connectivity index (χ4v) is 3.30. The average Bonchev–Trinajstić information content (AvgIpc) is 2.66. The molecule has 0 bridgehead atoms. The molecule has 0 aromatic heterocycles. The summed E-state index contributed by atoms with van der Waals surface area (Å²) in [5, 5.41) is 14.3. The zero-order chi connectivity index (χ0) is 20.9. The van der Waals surface area contributed by atoms with Crippen LogP contribution in [-0.4, -0.2) is 51.8 Å². The number of methoxy groups -OCH3 is 1. The van der Waals surface area contributed by atoms with Crippen molar-refractivity contribution in [3.8, 4) is 0 Å². The molecule has 11 heteroatoms. The third kappa shape index (κ3) is 4.82. The van der Waals surface area contributed by atoms with Crippen molar-refractivity contribution in [2.24, 2.45) is 4.40 Å². The molecule has 0 unspecified atom stereocenters. The van der Waals surface area contributed by atoms with Crippen molar-refractivity contribution in [3.05, 3.63) is 58.1 Å². The number of ether oxygens (including phenoxy) is 1. The van der Waals surface area contributed by atoms with Gasteiger partial charge in [0.05, 0.1) is 17.6 Å². The third-order valence-electron chi connectivity index (χ3n) is 3.44. The molecule has 2 rings (SSSR count). The fraction of sp³-hybridized carbons (Fsp3) is 0.176. The summed E-state index contributed by atoms with van der Waals surface area (Å²) in [5.41, 5.74) is -0.777. The van der Waals surface area contributed by atoms with Crippen molar-refractivity contribution < 1.29 is 22.9 Å². The summed E-state index contributed by atoms with van der Waals surface area (Å²) in [6.45, 7) is 0. The first-order valence-electron chi connectivity index (χ1n) is 7.85. The molecule has 0 amide bonds. The van der Waals surface area contributed by atoms with E-state index in [0.29, 0.717) is 5.69 Å². The highest BCUT2D eigenvalue weighted by molar-refractivity contribution is 7.90. The number of hydrogen-bond acceptors (Lipinski definition) is 7. The normalized spacial score (nSPS) is 11.2. The van der Waals surface area contributed by atoms with E-state index in [-0.39, 0.29) is 11.3 Å². The Kier molecular flexibility index (Phi) is 6.31. The Morgan fingerprint density at radius 2 is 1.89 bits per heavy atom. The van der Waals surface area contributed by atoms with E-state index in [4.69, 9.17) is 0 Å². The summed E-state index contributed by atoms with van der Waals surface area (Å²) < 4.78 is 33.6. The highest BCUT2D eigenvalue weighted by Gasteiger charge is 2.29. The second-order valence-corrected chi connectivity index (χ2v) is 7.37. The monoisotopic (exact) mass is 406 g/mol. The second kappa shape index (κ2) is 8.48. The van der Waals surface area contributed by atoms with Gasteiger partial charge in [0, 0.05) is 25.8 Å². The Morgan fingerprint density at radius 1 is 1.25 bits per heavy atom. The van der Waals surface area contributed by atoms with Crippen LogP contribution in [0.2, 0.25) is 0 Å². The van der Waals surface area contributed by atoms with Gasteiger partial charge in [-0.2, -0.15) is 8.42 Å². The number of para-hydroxylation sites is 1. The lowest BCUT2D eigenvalue weighted by atomic mass is 10.1. The maximum Gasteiger partial charge on any atom is 0.338 e. The highest BCUT2D eigenvalue weighted by atomic mass is 32.2. The number of nitro benzene ring substituents is 1. The SMILES string of the molecule is COC(=O)c1cc([N+](=O)[O-])c(Nc2ccccc2)c(S(=O)(=O)N=CN(C)C)c1. The molecular formula is C17H18N4O6S. The van der Waals surface area contributed by atoms with Crippen molar-refractivity contribution in [3.63, 3.8) is 0 Å². The molecule has 148 valence electrons. The van der Waals surface area contributed by atoms with Gasteiger partial charge < -0.3 is 15.0 Å². The largest absolute Gasteiger partial charge is 0.465 e. The maximum absolute atomic E-state index is 12.7. The number of anilines is 2. The minimum absolute atomic E-state index is 0.286. The molecule has 28 heavy (non-hydrogen) atoms. The van der Waals surface area contributed by atoms with Crippen LogP contribution in [0.3, 0.4) is 0 Å². The van der Waals surface area contributed by atoms with Gasteiger partial charge in [-0.1, -0.05) is 18.2 Å². The Hall–Kier alpha value is -3.47. The molecule has 0 saturated heterocycles. The van der Waals surface area contributed by atoms with Crippen molar-refractivity contribution in [2.75, 3.05) is 26.5 Å². The van der Waals surface area contributed by atoms with Gasteiger partial charge in [-0.15, -0.1) is 4.40 Å². The van der Waals surface area contributed by atoms with Gasteiger partial charge in [0.2, 0.25) is 0 Å². The molecule has 0 heterocycles. The van der Waals surface area contributed by atoms with Crippen LogP contribution in [0.1, 0.15) is 10.4 Å². The van der Waals surface area contributed by atoms with Crippen LogP contribution in [-0.2, 0) is 14.8 Å². The summed E-state index contributed by atoms with van der Waals surface area (Å²) in [4.78, 5) is 23.6. The number of nitrogens with zero attached hydrogens (tertiary/aromatic N) is 3. The summed E-state index contributed by atoms with van der Waals surface area (Å²) in [7, 11) is -0.157. The second-order valence-electron chi connectivity index (χ2n) is 5.77. The molecule has 0 spiro atoms. The number of nitrogens with one attached hydrogen (secondary N) is 1. The lowest BCUT2D eigenvalue weighted by Gasteiger charge is -2.13. The topological polar surface area (TPSA) is 131 Å². The van der Waals surface area contributed by atoms with Crippen LogP contribution in [0.5, 0.6) is 0 Å². The predicted molar refractivity (Wildman–Crippen MR) is 104 cm³/mol. The number of hydrogen-bond donors (Lipinski definition) is 1. The fourth-order valence-electron chi connectivity index (χ4n) is 2.19. The number of carbonyl (C=O) groups is 1. The Morgan fingerprint density at radius 3 is 2.43 bits per heavy atom. The minimum atomic E-state index is -4.37. The summed E-state index contributed by atoms with van der Waals surface area (Å²) in [6, 6.07) is 10.2. The maximum atomic E-state index is 12.7. The molecule has 0 fully saturated rings.